The molecule has 1 aliphatic heterocycles. The molecule has 1 N–H and O–H groups in total. The van der Waals surface area contributed by atoms with Crippen molar-refractivity contribution in [3.05, 3.63) is 0 Å². The van der Waals surface area contributed by atoms with Gasteiger partial charge in [-0.3, -0.25) is 9.59 Å². The van der Waals surface area contributed by atoms with Crippen molar-refractivity contribution in [2.24, 2.45) is 0 Å². The van der Waals surface area contributed by atoms with E-state index in [2.05, 4.69) is 4.90 Å². The van der Waals surface area contributed by atoms with E-state index in [1.807, 2.05) is 7.05 Å². The first-order valence-corrected chi connectivity index (χ1v) is 5.16. The SMILES string of the molecule is CN1CCCC(N(C)C(=O)CC(=O)O)C1. The van der Waals surface area contributed by atoms with Crippen molar-refractivity contribution in [1.82, 2.24) is 9.80 Å². The van der Waals surface area contributed by atoms with Gasteiger partial charge in [0.2, 0.25) is 5.91 Å². The zero-order valence-corrected chi connectivity index (χ0v) is 9.27. The largest absolute Gasteiger partial charge is 0.481 e. The minimum atomic E-state index is -1.06. The fourth-order valence-electron chi connectivity index (χ4n) is 1.91. The van der Waals surface area contributed by atoms with Gasteiger partial charge in [-0.15, -0.1) is 0 Å². The Balaban J connectivity index is 2.47. The van der Waals surface area contributed by atoms with Crippen molar-refractivity contribution in [2.45, 2.75) is 25.3 Å². The second-order valence-electron chi connectivity index (χ2n) is 4.13. The highest BCUT2D eigenvalue weighted by molar-refractivity contribution is 5.93. The number of amides is 1. The zero-order valence-electron chi connectivity index (χ0n) is 9.27. The van der Waals surface area contributed by atoms with Gasteiger partial charge in [-0.2, -0.15) is 0 Å². The van der Waals surface area contributed by atoms with Crippen LogP contribution in [-0.2, 0) is 9.59 Å². The molecule has 1 aliphatic rings. The van der Waals surface area contributed by atoms with Gasteiger partial charge in [0.05, 0.1) is 0 Å². The molecule has 86 valence electrons. The van der Waals surface area contributed by atoms with Crippen molar-refractivity contribution in [3.63, 3.8) is 0 Å². The lowest BCUT2D eigenvalue weighted by molar-refractivity contribution is -0.144. The molecule has 1 heterocycles. The minimum absolute atomic E-state index is 0.163. The number of carbonyl (C=O) groups excluding carboxylic acids is 1. The summed E-state index contributed by atoms with van der Waals surface area (Å²) < 4.78 is 0. The van der Waals surface area contributed by atoms with Crippen LogP contribution in [0.3, 0.4) is 0 Å². The number of hydrogen-bond acceptors (Lipinski definition) is 3. The van der Waals surface area contributed by atoms with Crippen molar-refractivity contribution in [3.8, 4) is 0 Å². The number of piperidine rings is 1. The summed E-state index contributed by atoms with van der Waals surface area (Å²) in [6.45, 7) is 1.89. The van der Waals surface area contributed by atoms with Gasteiger partial charge >= 0.3 is 5.97 Å². The number of likely N-dealkylation sites (N-methyl/N-ethyl adjacent to an activating group) is 2. The van der Waals surface area contributed by atoms with Crippen LogP contribution >= 0.6 is 0 Å². The summed E-state index contributed by atoms with van der Waals surface area (Å²) in [5, 5.41) is 8.53. The summed E-state index contributed by atoms with van der Waals surface area (Å²) in [6.07, 6.45) is 1.62. The fourth-order valence-corrected chi connectivity index (χ4v) is 1.91. The summed E-state index contributed by atoms with van der Waals surface area (Å²) in [4.78, 5) is 25.6. The van der Waals surface area contributed by atoms with Crippen molar-refractivity contribution < 1.29 is 14.7 Å². The Morgan fingerprint density at radius 3 is 2.73 bits per heavy atom. The Kier molecular flexibility index (Phi) is 4.08. The highest BCUT2D eigenvalue weighted by Crippen LogP contribution is 2.13. The molecule has 0 saturated carbocycles. The first-order valence-electron chi connectivity index (χ1n) is 5.16. The zero-order chi connectivity index (χ0) is 11.4. The lowest BCUT2D eigenvalue weighted by atomic mass is 10.0. The van der Waals surface area contributed by atoms with Crippen LogP contribution in [0.5, 0.6) is 0 Å². The predicted octanol–water partition coefficient (Wildman–Crippen LogP) is 0.0137. The first kappa shape index (κ1) is 12.0. The number of carbonyl (C=O) groups is 2. The van der Waals surface area contributed by atoms with E-state index in [0.29, 0.717) is 0 Å². The van der Waals surface area contributed by atoms with Gasteiger partial charge in [0.25, 0.3) is 0 Å². The summed E-state index contributed by atoms with van der Waals surface area (Å²) in [5.74, 6) is -1.36. The molecule has 0 aromatic heterocycles. The number of hydrogen-bond donors (Lipinski definition) is 1. The number of carboxylic acid groups (broad SMARTS) is 1. The van der Waals surface area contributed by atoms with Crippen LogP contribution in [0.4, 0.5) is 0 Å². The molecular formula is C10H18N2O3. The van der Waals surface area contributed by atoms with Crippen LogP contribution in [0.1, 0.15) is 19.3 Å². The average molecular weight is 214 g/mol. The molecule has 1 amide bonds. The van der Waals surface area contributed by atoms with E-state index in [1.165, 1.54) is 0 Å². The number of carboxylic acids is 1. The quantitative estimate of drug-likeness (QED) is 0.672. The lowest BCUT2D eigenvalue weighted by Gasteiger charge is -2.35. The number of rotatable bonds is 3. The Morgan fingerprint density at radius 2 is 2.20 bits per heavy atom. The number of nitrogens with zero attached hydrogens (tertiary/aromatic N) is 2. The van der Waals surface area contributed by atoms with Crippen molar-refractivity contribution >= 4 is 11.9 Å². The smallest absolute Gasteiger partial charge is 0.312 e. The van der Waals surface area contributed by atoms with Crippen LogP contribution < -0.4 is 0 Å². The Morgan fingerprint density at radius 1 is 1.53 bits per heavy atom. The van der Waals surface area contributed by atoms with Crippen LogP contribution in [-0.4, -0.2) is 60.0 Å². The molecule has 5 heteroatoms. The Labute approximate surface area is 89.7 Å². The third-order valence-corrected chi connectivity index (χ3v) is 2.84. The molecule has 5 nitrogen and oxygen atoms in total. The molecule has 1 unspecified atom stereocenters. The van der Waals surface area contributed by atoms with E-state index in [-0.39, 0.29) is 11.9 Å². The van der Waals surface area contributed by atoms with E-state index in [0.717, 1.165) is 25.9 Å². The van der Waals surface area contributed by atoms with Crippen LogP contribution in [0.15, 0.2) is 0 Å². The Bertz CT molecular complexity index is 255. The van der Waals surface area contributed by atoms with Gasteiger partial charge in [0, 0.05) is 19.6 Å². The van der Waals surface area contributed by atoms with Crippen LogP contribution in [0.2, 0.25) is 0 Å². The molecule has 0 spiro atoms. The first-order chi connectivity index (χ1) is 7.00. The van der Waals surface area contributed by atoms with Gasteiger partial charge in [0.15, 0.2) is 0 Å². The predicted molar refractivity (Wildman–Crippen MR) is 55.5 cm³/mol. The molecule has 15 heavy (non-hydrogen) atoms. The standard InChI is InChI=1S/C10H18N2O3/c1-11-5-3-4-8(7-11)12(2)9(13)6-10(14)15/h8H,3-7H2,1-2H3,(H,14,15). The van der Waals surface area contributed by atoms with Gasteiger partial charge in [-0.05, 0) is 26.4 Å². The third kappa shape index (κ3) is 3.51. The topological polar surface area (TPSA) is 60.9 Å². The number of likely N-dealkylation sites (tertiary alicyclic amines) is 1. The molecule has 1 atom stereocenters. The van der Waals surface area contributed by atoms with E-state index in [4.69, 9.17) is 5.11 Å². The maximum atomic E-state index is 11.5. The number of aliphatic carboxylic acids is 1. The Hall–Kier alpha value is -1.10. The molecule has 1 rings (SSSR count). The van der Waals surface area contributed by atoms with E-state index >= 15 is 0 Å². The van der Waals surface area contributed by atoms with Crippen molar-refractivity contribution in [2.75, 3.05) is 27.2 Å². The summed E-state index contributed by atoms with van der Waals surface area (Å²) >= 11 is 0. The molecule has 1 fully saturated rings. The minimum Gasteiger partial charge on any atom is -0.481 e. The summed E-state index contributed by atoms with van der Waals surface area (Å²) in [6, 6.07) is 0.163. The summed E-state index contributed by atoms with van der Waals surface area (Å²) in [5.41, 5.74) is 0. The third-order valence-electron chi connectivity index (χ3n) is 2.84. The molecule has 0 aliphatic carbocycles. The molecule has 0 aromatic carbocycles. The van der Waals surface area contributed by atoms with Gasteiger partial charge < -0.3 is 14.9 Å². The monoisotopic (exact) mass is 214 g/mol. The highest BCUT2D eigenvalue weighted by atomic mass is 16.4. The maximum absolute atomic E-state index is 11.5. The van der Waals surface area contributed by atoms with E-state index in [1.54, 1.807) is 11.9 Å². The molecule has 0 radical (unpaired) electrons. The second-order valence-corrected chi connectivity index (χ2v) is 4.13. The second kappa shape index (κ2) is 5.11. The fraction of sp³-hybridized carbons (Fsp3) is 0.800. The van der Waals surface area contributed by atoms with Gasteiger partial charge in [0.1, 0.15) is 6.42 Å². The molecule has 1 saturated heterocycles. The molecule has 0 aromatic rings. The molecule has 0 bridgehead atoms. The maximum Gasteiger partial charge on any atom is 0.312 e. The summed E-state index contributed by atoms with van der Waals surface area (Å²) in [7, 11) is 3.71. The van der Waals surface area contributed by atoms with E-state index < -0.39 is 12.4 Å². The van der Waals surface area contributed by atoms with E-state index in [9.17, 15) is 9.59 Å². The van der Waals surface area contributed by atoms with Gasteiger partial charge in [-0.25, -0.2) is 0 Å². The van der Waals surface area contributed by atoms with Gasteiger partial charge in [-0.1, -0.05) is 0 Å². The van der Waals surface area contributed by atoms with Crippen LogP contribution in [0, 0.1) is 0 Å². The van der Waals surface area contributed by atoms with Crippen LogP contribution in [0.25, 0.3) is 0 Å². The normalized spacial score (nSPS) is 22.4. The average Bonchev–Trinajstić information content (AvgIpc) is 2.15. The lowest BCUT2D eigenvalue weighted by Crippen LogP contribution is -2.47. The highest BCUT2D eigenvalue weighted by Gasteiger charge is 2.25. The molecular weight excluding hydrogens is 196 g/mol. The van der Waals surface area contributed by atoms with Crippen molar-refractivity contribution in [1.29, 1.82) is 0 Å².